The summed E-state index contributed by atoms with van der Waals surface area (Å²) in [5.74, 6) is -0.385. The Labute approximate surface area is 89.0 Å². The van der Waals surface area contributed by atoms with Gasteiger partial charge >= 0.3 is 5.97 Å². The van der Waals surface area contributed by atoms with E-state index >= 15 is 0 Å². The van der Waals surface area contributed by atoms with Crippen molar-refractivity contribution in [3.05, 3.63) is 0 Å². The number of carboxylic acid groups (broad SMARTS) is 1. The van der Waals surface area contributed by atoms with Crippen molar-refractivity contribution in [3.63, 3.8) is 0 Å². The number of amides is 1. The van der Waals surface area contributed by atoms with Crippen LogP contribution in [0.4, 0.5) is 0 Å². The van der Waals surface area contributed by atoms with Crippen LogP contribution in [-0.4, -0.2) is 23.5 Å². The fraction of sp³-hybridized carbons (Fsp3) is 0.818. The van der Waals surface area contributed by atoms with Crippen LogP contribution in [0.25, 0.3) is 0 Å². The quantitative estimate of drug-likeness (QED) is 0.511. The van der Waals surface area contributed by atoms with Gasteiger partial charge in [0, 0.05) is 6.54 Å². The van der Waals surface area contributed by atoms with Crippen molar-refractivity contribution in [2.45, 2.75) is 38.5 Å². The molecule has 0 aromatic carbocycles. The summed E-state index contributed by atoms with van der Waals surface area (Å²) in [4.78, 5) is 22.4. The second-order valence-electron chi connectivity index (χ2n) is 4.73. The van der Waals surface area contributed by atoms with E-state index in [1.165, 1.54) is 19.3 Å². The van der Waals surface area contributed by atoms with E-state index in [4.69, 9.17) is 5.11 Å². The monoisotopic (exact) mass is 211 g/mol. The predicted molar refractivity (Wildman–Crippen MR) is 54.3 cm³/mol. The van der Waals surface area contributed by atoms with Gasteiger partial charge in [-0.2, -0.15) is 0 Å². The van der Waals surface area contributed by atoms with Crippen LogP contribution in [0.5, 0.6) is 0 Å². The minimum absolute atomic E-state index is 0.286. The summed E-state index contributed by atoms with van der Waals surface area (Å²) in [6, 6.07) is 0. The summed E-state index contributed by atoms with van der Waals surface area (Å²) < 4.78 is 0. The summed E-state index contributed by atoms with van der Waals surface area (Å²) in [5.41, 5.74) is -1.07. The third-order valence-electron chi connectivity index (χ3n) is 3.37. The minimum atomic E-state index is -1.07. The summed E-state index contributed by atoms with van der Waals surface area (Å²) >= 11 is 0. The molecule has 0 unspecified atom stereocenters. The second kappa shape index (κ2) is 3.83. The van der Waals surface area contributed by atoms with Crippen molar-refractivity contribution in [1.82, 2.24) is 5.32 Å². The average molecular weight is 211 g/mol. The van der Waals surface area contributed by atoms with Crippen LogP contribution in [0.2, 0.25) is 0 Å². The Balaban J connectivity index is 1.65. The van der Waals surface area contributed by atoms with Gasteiger partial charge in [-0.25, -0.2) is 0 Å². The lowest BCUT2D eigenvalue weighted by atomic mass is 10.1. The van der Waals surface area contributed by atoms with Crippen LogP contribution >= 0.6 is 0 Å². The van der Waals surface area contributed by atoms with Crippen molar-refractivity contribution in [1.29, 1.82) is 0 Å². The highest BCUT2D eigenvalue weighted by molar-refractivity contribution is 6.04. The van der Waals surface area contributed by atoms with E-state index in [1.54, 1.807) is 0 Å². The van der Waals surface area contributed by atoms with E-state index in [-0.39, 0.29) is 5.91 Å². The smallest absolute Gasteiger partial charge is 0.319 e. The number of carboxylic acids is 1. The maximum absolute atomic E-state index is 11.5. The highest BCUT2D eigenvalue weighted by Gasteiger charge is 2.56. The molecule has 4 nitrogen and oxygen atoms in total. The van der Waals surface area contributed by atoms with E-state index in [0.717, 1.165) is 12.3 Å². The van der Waals surface area contributed by atoms with Gasteiger partial charge < -0.3 is 10.4 Å². The van der Waals surface area contributed by atoms with Crippen LogP contribution in [0, 0.1) is 11.3 Å². The standard InChI is InChI=1S/C11H17NO3/c13-9(11(5-6-11)10(14)15)12-7-1-2-8-3-4-8/h8H,1-7H2,(H,12,13)(H,14,15). The molecule has 15 heavy (non-hydrogen) atoms. The number of hydrogen-bond acceptors (Lipinski definition) is 2. The van der Waals surface area contributed by atoms with Crippen LogP contribution in [0.3, 0.4) is 0 Å². The summed E-state index contributed by atoms with van der Waals surface area (Å²) in [7, 11) is 0. The maximum Gasteiger partial charge on any atom is 0.319 e. The first kappa shape index (κ1) is 10.5. The molecule has 0 spiro atoms. The SMILES string of the molecule is O=C(O)C1(C(=O)NCCCC2CC2)CC1. The molecule has 0 heterocycles. The Morgan fingerprint density at radius 2 is 2.00 bits per heavy atom. The van der Waals surface area contributed by atoms with E-state index in [2.05, 4.69) is 5.32 Å². The molecule has 2 N–H and O–H groups in total. The molecule has 2 saturated carbocycles. The molecule has 0 saturated heterocycles. The number of carbonyl (C=O) groups excluding carboxylic acids is 1. The summed E-state index contributed by atoms with van der Waals surface area (Å²) in [6.45, 7) is 0.629. The third-order valence-corrected chi connectivity index (χ3v) is 3.37. The topological polar surface area (TPSA) is 66.4 Å². The molecule has 84 valence electrons. The lowest BCUT2D eigenvalue weighted by molar-refractivity contribution is -0.149. The molecule has 2 fully saturated rings. The van der Waals surface area contributed by atoms with Crippen molar-refractivity contribution in [2.24, 2.45) is 11.3 Å². The zero-order valence-corrected chi connectivity index (χ0v) is 8.79. The molecule has 0 radical (unpaired) electrons. The predicted octanol–water partition coefficient (Wildman–Crippen LogP) is 1.16. The number of carbonyl (C=O) groups is 2. The van der Waals surface area contributed by atoms with Crippen molar-refractivity contribution < 1.29 is 14.7 Å². The molecular weight excluding hydrogens is 194 g/mol. The van der Waals surface area contributed by atoms with Gasteiger partial charge in [0.2, 0.25) is 5.91 Å². The van der Waals surface area contributed by atoms with Crippen molar-refractivity contribution >= 4 is 11.9 Å². The molecule has 1 amide bonds. The number of aliphatic carboxylic acids is 1. The first-order valence-corrected chi connectivity index (χ1v) is 5.67. The third kappa shape index (κ3) is 2.30. The molecule has 0 aromatic heterocycles. The summed E-state index contributed by atoms with van der Waals surface area (Å²) in [5, 5.41) is 11.6. The van der Waals surface area contributed by atoms with Crippen LogP contribution < -0.4 is 5.32 Å². The van der Waals surface area contributed by atoms with Crippen LogP contribution in [-0.2, 0) is 9.59 Å². The maximum atomic E-state index is 11.5. The van der Waals surface area contributed by atoms with Crippen LogP contribution in [0.1, 0.15) is 38.5 Å². The van der Waals surface area contributed by atoms with E-state index < -0.39 is 11.4 Å². The molecule has 0 aliphatic heterocycles. The average Bonchev–Trinajstić information content (AvgIpc) is 3.01. The molecule has 0 bridgehead atoms. The zero-order chi connectivity index (χ0) is 10.9. The zero-order valence-electron chi connectivity index (χ0n) is 8.79. The van der Waals surface area contributed by atoms with Gasteiger partial charge in [0.25, 0.3) is 0 Å². The molecular formula is C11H17NO3. The van der Waals surface area contributed by atoms with E-state index in [1.807, 2.05) is 0 Å². The van der Waals surface area contributed by atoms with Gasteiger partial charge in [-0.1, -0.05) is 12.8 Å². The largest absolute Gasteiger partial charge is 0.480 e. The molecule has 4 heteroatoms. The first-order chi connectivity index (χ1) is 7.15. The Hall–Kier alpha value is -1.06. The molecule has 2 rings (SSSR count). The highest BCUT2D eigenvalue weighted by Crippen LogP contribution is 2.46. The molecule has 0 aromatic rings. The first-order valence-electron chi connectivity index (χ1n) is 5.67. The fourth-order valence-corrected chi connectivity index (χ4v) is 1.83. The normalized spacial score (nSPS) is 22.1. The molecule has 0 atom stereocenters. The Morgan fingerprint density at radius 1 is 1.33 bits per heavy atom. The fourth-order valence-electron chi connectivity index (χ4n) is 1.83. The second-order valence-corrected chi connectivity index (χ2v) is 4.73. The molecule has 2 aliphatic rings. The Kier molecular flexibility index (Phi) is 2.67. The van der Waals surface area contributed by atoms with Crippen molar-refractivity contribution in [2.75, 3.05) is 6.54 Å². The van der Waals surface area contributed by atoms with Gasteiger partial charge in [0.15, 0.2) is 0 Å². The van der Waals surface area contributed by atoms with E-state index in [9.17, 15) is 9.59 Å². The number of rotatable bonds is 6. The van der Waals surface area contributed by atoms with Crippen molar-refractivity contribution in [3.8, 4) is 0 Å². The highest BCUT2D eigenvalue weighted by atomic mass is 16.4. The number of nitrogens with one attached hydrogen (secondary N) is 1. The van der Waals surface area contributed by atoms with Gasteiger partial charge in [0.1, 0.15) is 5.41 Å². The Bertz CT molecular complexity index is 280. The van der Waals surface area contributed by atoms with Crippen LogP contribution in [0.15, 0.2) is 0 Å². The lowest BCUT2D eigenvalue weighted by Crippen LogP contribution is -2.37. The van der Waals surface area contributed by atoms with Gasteiger partial charge in [-0.3, -0.25) is 9.59 Å². The van der Waals surface area contributed by atoms with Gasteiger partial charge in [-0.05, 0) is 31.6 Å². The van der Waals surface area contributed by atoms with Gasteiger partial charge in [-0.15, -0.1) is 0 Å². The van der Waals surface area contributed by atoms with E-state index in [0.29, 0.717) is 19.4 Å². The summed E-state index contributed by atoms with van der Waals surface area (Å²) in [6.07, 6.45) is 5.79. The van der Waals surface area contributed by atoms with Gasteiger partial charge in [0.05, 0.1) is 0 Å². The lowest BCUT2D eigenvalue weighted by Gasteiger charge is -2.10. The molecule has 2 aliphatic carbocycles. The Morgan fingerprint density at radius 3 is 2.47 bits per heavy atom. The number of hydrogen-bond donors (Lipinski definition) is 2. The minimum Gasteiger partial charge on any atom is -0.480 e.